The molecule has 2 N–H and O–H groups in total. The zero-order valence-electron chi connectivity index (χ0n) is 9.28. The van der Waals surface area contributed by atoms with Crippen LogP contribution < -0.4 is 5.73 Å². The largest absolute Gasteiger partial charge is 0.396 e. The lowest BCUT2D eigenvalue weighted by Crippen LogP contribution is -1.99. The number of nitrogens with two attached hydrogens (primary N) is 1. The zero-order valence-corrected chi connectivity index (χ0v) is 9.28. The highest BCUT2D eigenvalue weighted by atomic mass is 15.3. The van der Waals surface area contributed by atoms with Crippen LogP contribution in [0.1, 0.15) is 17.0 Å². The SMILES string of the molecule is Cc1ccc(-n2nc(C)c(N)c2C)cc1. The van der Waals surface area contributed by atoms with Crippen LogP contribution >= 0.6 is 0 Å². The number of hydrogen-bond acceptors (Lipinski definition) is 2. The van der Waals surface area contributed by atoms with Gasteiger partial charge in [-0.25, -0.2) is 4.68 Å². The number of aromatic nitrogens is 2. The second kappa shape index (κ2) is 3.42. The van der Waals surface area contributed by atoms with E-state index in [1.165, 1.54) is 5.56 Å². The molecule has 0 aliphatic rings. The van der Waals surface area contributed by atoms with Gasteiger partial charge in [-0.1, -0.05) is 17.7 Å². The van der Waals surface area contributed by atoms with E-state index >= 15 is 0 Å². The lowest BCUT2D eigenvalue weighted by atomic mass is 10.2. The van der Waals surface area contributed by atoms with E-state index < -0.39 is 0 Å². The predicted octanol–water partition coefficient (Wildman–Crippen LogP) is 2.38. The highest BCUT2D eigenvalue weighted by molar-refractivity contribution is 5.50. The molecule has 78 valence electrons. The summed E-state index contributed by atoms with van der Waals surface area (Å²) in [7, 11) is 0. The van der Waals surface area contributed by atoms with E-state index in [4.69, 9.17) is 5.73 Å². The van der Waals surface area contributed by atoms with Crippen LogP contribution in [-0.2, 0) is 0 Å². The van der Waals surface area contributed by atoms with Crippen molar-refractivity contribution in [2.24, 2.45) is 0 Å². The predicted molar refractivity (Wildman–Crippen MR) is 62.2 cm³/mol. The Bertz CT molecular complexity index is 480. The van der Waals surface area contributed by atoms with E-state index in [-0.39, 0.29) is 0 Å². The standard InChI is InChI=1S/C12H15N3/c1-8-4-6-11(7-5-8)15-10(3)12(13)9(2)14-15/h4-7H,13H2,1-3H3. The van der Waals surface area contributed by atoms with Crippen LogP contribution in [0.3, 0.4) is 0 Å². The first-order valence-electron chi connectivity index (χ1n) is 4.98. The Kier molecular flexibility index (Phi) is 2.23. The van der Waals surface area contributed by atoms with E-state index in [2.05, 4.69) is 24.2 Å². The molecule has 0 aliphatic carbocycles. The molecule has 1 aromatic heterocycles. The van der Waals surface area contributed by atoms with Gasteiger partial charge in [-0.15, -0.1) is 0 Å². The molecule has 3 heteroatoms. The van der Waals surface area contributed by atoms with Gasteiger partial charge >= 0.3 is 0 Å². The van der Waals surface area contributed by atoms with E-state index in [9.17, 15) is 0 Å². The zero-order chi connectivity index (χ0) is 11.0. The average Bonchev–Trinajstić information content (AvgIpc) is 2.47. The van der Waals surface area contributed by atoms with E-state index in [1.54, 1.807) is 0 Å². The molecule has 3 nitrogen and oxygen atoms in total. The Morgan fingerprint density at radius 2 is 1.67 bits per heavy atom. The van der Waals surface area contributed by atoms with Crippen LogP contribution in [0.2, 0.25) is 0 Å². The summed E-state index contributed by atoms with van der Waals surface area (Å²) in [5, 5.41) is 4.40. The molecule has 0 spiro atoms. The van der Waals surface area contributed by atoms with Gasteiger partial charge in [-0.2, -0.15) is 5.10 Å². The first-order valence-corrected chi connectivity index (χ1v) is 4.98. The summed E-state index contributed by atoms with van der Waals surface area (Å²) < 4.78 is 1.88. The quantitative estimate of drug-likeness (QED) is 0.769. The van der Waals surface area contributed by atoms with Gasteiger partial charge in [0.25, 0.3) is 0 Å². The minimum atomic E-state index is 0.774. The second-order valence-electron chi connectivity index (χ2n) is 3.83. The maximum Gasteiger partial charge on any atom is 0.0830 e. The minimum absolute atomic E-state index is 0.774. The van der Waals surface area contributed by atoms with E-state index in [0.29, 0.717) is 0 Å². The van der Waals surface area contributed by atoms with Gasteiger partial charge < -0.3 is 5.73 Å². The van der Waals surface area contributed by atoms with Gasteiger partial charge in [-0.05, 0) is 32.9 Å². The van der Waals surface area contributed by atoms with Gasteiger partial charge in [0, 0.05) is 0 Å². The molecule has 15 heavy (non-hydrogen) atoms. The Hall–Kier alpha value is -1.77. The third-order valence-corrected chi connectivity index (χ3v) is 2.63. The smallest absolute Gasteiger partial charge is 0.0830 e. The van der Waals surface area contributed by atoms with E-state index in [1.807, 2.05) is 30.7 Å². The molecule has 0 aliphatic heterocycles. The first-order chi connectivity index (χ1) is 7.09. The fourth-order valence-electron chi connectivity index (χ4n) is 1.59. The van der Waals surface area contributed by atoms with Crippen molar-refractivity contribution in [3.8, 4) is 5.69 Å². The van der Waals surface area contributed by atoms with Crippen LogP contribution in [0.4, 0.5) is 5.69 Å². The number of aryl methyl sites for hydroxylation is 2. The molecule has 2 aromatic rings. The summed E-state index contributed by atoms with van der Waals surface area (Å²) in [5.74, 6) is 0. The number of anilines is 1. The lowest BCUT2D eigenvalue weighted by Gasteiger charge is -2.04. The summed E-state index contributed by atoms with van der Waals surface area (Å²) >= 11 is 0. The molecular formula is C12H15N3. The van der Waals surface area contributed by atoms with Crippen LogP contribution in [0, 0.1) is 20.8 Å². The third kappa shape index (κ3) is 1.61. The molecular weight excluding hydrogens is 186 g/mol. The van der Waals surface area contributed by atoms with Gasteiger partial charge in [-0.3, -0.25) is 0 Å². The topological polar surface area (TPSA) is 43.8 Å². The fraction of sp³-hybridized carbons (Fsp3) is 0.250. The first kappa shape index (κ1) is 9.77. The van der Waals surface area contributed by atoms with Crippen LogP contribution in [-0.4, -0.2) is 9.78 Å². The van der Waals surface area contributed by atoms with E-state index in [0.717, 1.165) is 22.8 Å². The third-order valence-electron chi connectivity index (χ3n) is 2.63. The fourth-order valence-corrected chi connectivity index (χ4v) is 1.59. The van der Waals surface area contributed by atoms with Gasteiger partial charge in [0.1, 0.15) is 0 Å². The molecule has 1 heterocycles. The minimum Gasteiger partial charge on any atom is -0.396 e. The van der Waals surface area contributed by atoms with Crippen molar-refractivity contribution in [3.63, 3.8) is 0 Å². The summed E-state index contributed by atoms with van der Waals surface area (Å²) in [4.78, 5) is 0. The van der Waals surface area contributed by atoms with Gasteiger partial charge in [0.05, 0.1) is 22.8 Å². The number of benzene rings is 1. The summed E-state index contributed by atoms with van der Waals surface area (Å²) in [5.41, 5.74) is 10.8. The van der Waals surface area contributed by atoms with Crippen molar-refractivity contribution in [1.82, 2.24) is 9.78 Å². The lowest BCUT2D eigenvalue weighted by molar-refractivity contribution is 0.833. The molecule has 1 aromatic carbocycles. The van der Waals surface area contributed by atoms with Crippen molar-refractivity contribution in [3.05, 3.63) is 41.2 Å². The molecule has 0 saturated carbocycles. The average molecular weight is 201 g/mol. The van der Waals surface area contributed by atoms with Crippen molar-refractivity contribution in [1.29, 1.82) is 0 Å². The second-order valence-corrected chi connectivity index (χ2v) is 3.83. The summed E-state index contributed by atoms with van der Waals surface area (Å²) in [6.45, 7) is 5.97. The maximum atomic E-state index is 5.89. The Labute approximate surface area is 89.5 Å². The normalized spacial score (nSPS) is 10.6. The Morgan fingerprint density at radius 3 is 2.13 bits per heavy atom. The van der Waals surface area contributed by atoms with Gasteiger partial charge in [0.2, 0.25) is 0 Å². The highest BCUT2D eigenvalue weighted by Gasteiger charge is 2.08. The van der Waals surface area contributed by atoms with Crippen molar-refractivity contribution in [2.45, 2.75) is 20.8 Å². The summed E-state index contributed by atoms with van der Waals surface area (Å²) in [6, 6.07) is 8.24. The molecule has 0 fully saturated rings. The number of nitrogen functional groups attached to an aromatic ring is 1. The van der Waals surface area contributed by atoms with Crippen LogP contribution in [0.15, 0.2) is 24.3 Å². The molecule has 0 bridgehead atoms. The van der Waals surface area contributed by atoms with Crippen molar-refractivity contribution >= 4 is 5.69 Å². The van der Waals surface area contributed by atoms with Crippen LogP contribution in [0.5, 0.6) is 0 Å². The van der Waals surface area contributed by atoms with Crippen molar-refractivity contribution in [2.75, 3.05) is 5.73 Å². The molecule has 0 amide bonds. The molecule has 0 atom stereocenters. The van der Waals surface area contributed by atoms with Gasteiger partial charge in [0.15, 0.2) is 0 Å². The number of nitrogens with zero attached hydrogens (tertiary/aromatic N) is 2. The molecule has 0 saturated heterocycles. The number of rotatable bonds is 1. The maximum absolute atomic E-state index is 5.89. The van der Waals surface area contributed by atoms with Crippen LogP contribution in [0.25, 0.3) is 5.69 Å². The highest BCUT2D eigenvalue weighted by Crippen LogP contribution is 2.19. The van der Waals surface area contributed by atoms with Crippen molar-refractivity contribution < 1.29 is 0 Å². The molecule has 0 unspecified atom stereocenters. The molecule has 2 rings (SSSR count). The molecule has 0 radical (unpaired) electrons. The Balaban J connectivity index is 2.54. The summed E-state index contributed by atoms with van der Waals surface area (Å²) in [6.07, 6.45) is 0. The number of hydrogen-bond donors (Lipinski definition) is 1. The monoisotopic (exact) mass is 201 g/mol. The Morgan fingerprint density at radius 1 is 1.07 bits per heavy atom.